The number of likely N-dealkylation sites (N-methyl/N-ethyl adjacent to an activating group) is 1. The van der Waals surface area contributed by atoms with Crippen molar-refractivity contribution in [3.63, 3.8) is 0 Å². The smallest absolute Gasteiger partial charge is 0.255 e. The van der Waals surface area contributed by atoms with Crippen LogP contribution in [-0.4, -0.2) is 43.9 Å². The lowest BCUT2D eigenvalue weighted by molar-refractivity contribution is 0.0951. The summed E-state index contributed by atoms with van der Waals surface area (Å²) in [6.45, 7) is 1.27. The number of nitrogens with one attached hydrogen (secondary N) is 2. The Labute approximate surface area is 156 Å². The largest absolute Gasteiger partial charge is 0.351 e. The van der Waals surface area contributed by atoms with Gasteiger partial charge in [-0.25, -0.2) is 0 Å². The van der Waals surface area contributed by atoms with Crippen molar-refractivity contribution >= 4 is 40.7 Å². The number of amides is 2. The van der Waals surface area contributed by atoms with E-state index >= 15 is 0 Å². The molecule has 2 N–H and O–H groups in total. The highest BCUT2D eigenvalue weighted by atomic mass is 35.5. The summed E-state index contributed by atoms with van der Waals surface area (Å²) in [6, 6.07) is 11.4. The maximum atomic E-state index is 12.4. The summed E-state index contributed by atoms with van der Waals surface area (Å²) in [5.74, 6) is -0.549. The van der Waals surface area contributed by atoms with Crippen molar-refractivity contribution < 1.29 is 9.59 Å². The standard InChI is InChI=1S/C18H19Cl2N3O2/c1-23(2)9-8-21-17(24)12-4-3-5-13(10-12)18(25)22-14-6-7-15(19)16(20)11-14/h3-7,10-11H,8-9H2,1-2H3,(H,21,24)(H,22,25). The van der Waals surface area contributed by atoms with E-state index < -0.39 is 0 Å². The van der Waals surface area contributed by atoms with Crippen LogP contribution in [0.25, 0.3) is 0 Å². The number of hydrogen-bond donors (Lipinski definition) is 2. The average Bonchev–Trinajstić information content (AvgIpc) is 2.58. The van der Waals surface area contributed by atoms with Gasteiger partial charge in [-0.1, -0.05) is 29.3 Å². The maximum Gasteiger partial charge on any atom is 0.255 e. The summed E-state index contributed by atoms with van der Waals surface area (Å²) in [6.07, 6.45) is 0. The van der Waals surface area contributed by atoms with Crippen molar-refractivity contribution in [3.8, 4) is 0 Å². The van der Waals surface area contributed by atoms with Gasteiger partial charge in [-0.3, -0.25) is 9.59 Å². The van der Waals surface area contributed by atoms with Gasteiger partial charge in [-0.05, 0) is 50.5 Å². The quantitative estimate of drug-likeness (QED) is 0.806. The van der Waals surface area contributed by atoms with Gasteiger partial charge in [-0.15, -0.1) is 0 Å². The van der Waals surface area contributed by atoms with E-state index in [-0.39, 0.29) is 11.8 Å². The average molecular weight is 380 g/mol. The van der Waals surface area contributed by atoms with E-state index in [0.29, 0.717) is 33.4 Å². The van der Waals surface area contributed by atoms with Gasteiger partial charge in [0, 0.05) is 29.9 Å². The summed E-state index contributed by atoms with van der Waals surface area (Å²) in [4.78, 5) is 26.5. The molecule has 0 aromatic heterocycles. The van der Waals surface area contributed by atoms with Gasteiger partial charge in [0.25, 0.3) is 11.8 Å². The predicted molar refractivity (Wildman–Crippen MR) is 102 cm³/mol. The molecule has 7 heteroatoms. The second-order valence-corrected chi connectivity index (χ2v) is 6.54. The molecule has 0 aliphatic carbocycles. The van der Waals surface area contributed by atoms with E-state index in [1.54, 1.807) is 42.5 Å². The van der Waals surface area contributed by atoms with E-state index in [0.717, 1.165) is 6.54 Å². The minimum atomic E-state index is -0.332. The lowest BCUT2D eigenvalue weighted by atomic mass is 10.1. The van der Waals surface area contributed by atoms with Crippen molar-refractivity contribution in [1.82, 2.24) is 10.2 Å². The van der Waals surface area contributed by atoms with E-state index in [2.05, 4.69) is 10.6 Å². The first kappa shape index (κ1) is 19.2. The topological polar surface area (TPSA) is 61.4 Å². The van der Waals surface area contributed by atoms with Gasteiger partial charge >= 0.3 is 0 Å². The summed E-state index contributed by atoms with van der Waals surface area (Å²) in [5.41, 5.74) is 1.34. The van der Waals surface area contributed by atoms with Gasteiger partial charge in [0.05, 0.1) is 10.0 Å². The lowest BCUT2D eigenvalue weighted by Gasteiger charge is -2.11. The maximum absolute atomic E-state index is 12.4. The SMILES string of the molecule is CN(C)CCNC(=O)c1cccc(C(=O)Nc2ccc(Cl)c(Cl)c2)c1. The molecular formula is C18H19Cl2N3O2. The van der Waals surface area contributed by atoms with Gasteiger partial charge in [0.1, 0.15) is 0 Å². The highest BCUT2D eigenvalue weighted by Crippen LogP contribution is 2.25. The van der Waals surface area contributed by atoms with E-state index in [9.17, 15) is 9.59 Å². The van der Waals surface area contributed by atoms with Gasteiger partial charge in [0.2, 0.25) is 0 Å². The zero-order valence-corrected chi connectivity index (χ0v) is 15.5. The van der Waals surface area contributed by atoms with Gasteiger partial charge in [0.15, 0.2) is 0 Å². The summed E-state index contributed by atoms with van der Waals surface area (Å²) >= 11 is 11.8. The van der Waals surface area contributed by atoms with Gasteiger partial charge in [-0.2, -0.15) is 0 Å². The number of carbonyl (C=O) groups excluding carboxylic acids is 2. The van der Waals surface area contributed by atoms with Crippen molar-refractivity contribution in [3.05, 3.63) is 63.6 Å². The second kappa shape index (κ2) is 8.85. The fourth-order valence-electron chi connectivity index (χ4n) is 2.07. The first-order valence-electron chi connectivity index (χ1n) is 7.66. The molecule has 0 radical (unpaired) electrons. The highest BCUT2D eigenvalue weighted by Gasteiger charge is 2.11. The number of anilines is 1. The molecule has 5 nitrogen and oxygen atoms in total. The van der Waals surface area contributed by atoms with Crippen molar-refractivity contribution in [1.29, 1.82) is 0 Å². The van der Waals surface area contributed by atoms with Crippen LogP contribution in [-0.2, 0) is 0 Å². The lowest BCUT2D eigenvalue weighted by Crippen LogP contribution is -2.31. The molecule has 0 aliphatic heterocycles. The Morgan fingerprint density at radius 1 is 0.960 bits per heavy atom. The molecule has 2 aromatic carbocycles. The van der Waals surface area contributed by atoms with Crippen LogP contribution in [0.1, 0.15) is 20.7 Å². The van der Waals surface area contributed by atoms with Crippen LogP contribution >= 0.6 is 23.2 Å². The molecule has 25 heavy (non-hydrogen) atoms. The Morgan fingerprint density at radius 2 is 1.64 bits per heavy atom. The molecule has 0 heterocycles. The predicted octanol–water partition coefficient (Wildman–Crippen LogP) is 3.54. The Morgan fingerprint density at radius 3 is 2.28 bits per heavy atom. The molecule has 2 amide bonds. The van der Waals surface area contributed by atoms with Crippen LogP contribution in [0.5, 0.6) is 0 Å². The number of benzene rings is 2. The Balaban J connectivity index is 2.05. The van der Waals surface area contributed by atoms with E-state index in [1.807, 2.05) is 19.0 Å². The zero-order chi connectivity index (χ0) is 18.4. The van der Waals surface area contributed by atoms with Gasteiger partial charge < -0.3 is 15.5 Å². The normalized spacial score (nSPS) is 10.6. The molecule has 0 spiro atoms. The Bertz CT molecular complexity index is 779. The molecule has 0 saturated carbocycles. The number of hydrogen-bond acceptors (Lipinski definition) is 3. The third-order valence-electron chi connectivity index (χ3n) is 3.41. The second-order valence-electron chi connectivity index (χ2n) is 5.72. The summed E-state index contributed by atoms with van der Waals surface area (Å²) in [7, 11) is 3.86. The number of carbonyl (C=O) groups is 2. The Hall–Kier alpha value is -2.08. The van der Waals surface area contributed by atoms with Crippen molar-refractivity contribution in [2.24, 2.45) is 0 Å². The zero-order valence-electron chi connectivity index (χ0n) is 14.0. The summed E-state index contributed by atoms with van der Waals surface area (Å²) < 4.78 is 0. The molecule has 2 rings (SSSR count). The monoisotopic (exact) mass is 379 g/mol. The Kier molecular flexibility index (Phi) is 6.82. The molecule has 0 unspecified atom stereocenters. The molecule has 0 saturated heterocycles. The number of halogens is 2. The van der Waals surface area contributed by atoms with Crippen LogP contribution in [0.2, 0.25) is 10.0 Å². The third kappa shape index (κ3) is 5.74. The van der Waals surface area contributed by atoms with Crippen LogP contribution in [0.4, 0.5) is 5.69 Å². The van der Waals surface area contributed by atoms with Crippen LogP contribution in [0.15, 0.2) is 42.5 Å². The third-order valence-corrected chi connectivity index (χ3v) is 4.15. The molecule has 0 bridgehead atoms. The molecule has 0 aliphatic rings. The van der Waals surface area contributed by atoms with E-state index in [4.69, 9.17) is 23.2 Å². The molecule has 2 aromatic rings. The first-order valence-corrected chi connectivity index (χ1v) is 8.42. The minimum Gasteiger partial charge on any atom is -0.351 e. The van der Waals surface area contributed by atoms with Crippen LogP contribution in [0.3, 0.4) is 0 Å². The van der Waals surface area contributed by atoms with Crippen molar-refractivity contribution in [2.45, 2.75) is 0 Å². The fourth-order valence-corrected chi connectivity index (χ4v) is 2.37. The van der Waals surface area contributed by atoms with Crippen LogP contribution in [0, 0.1) is 0 Å². The summed E-state index contributed by atoms with van der Waals surface area (Å²) in [5, 5.41) is 6.31. The van der Waals surface area contributed by atoms with E-state index in [1.165, 1.54) is 0 Å². The molecule has 132 valence electrons. The number of nitrogens with zero attached hydrogens (tertiary/aromatic N) is 1. The molecular weight excluding hydrogens is 361 g/mol. The molecule has 0 fully saturated rings. The first-order chi connectivity index (χ1) is 11.9. The van der Waals surface area contributed by atoms with Crippen molar-refractivity contribution in [2.75, 3.05) is 32.5 Å². The van der Waals surface area contributed by atoms with Crippen LogP contribution < -0.4 is 10.6 Å². The number of rotatable bonds is 6. The fraction of sp³-hybridized carbons (Fsp3) is 0.222. The minimum absolute atomic E-state index is 0.217. The molecule has 0 atom stereocenters. The highest BCUT2D eigenvalue weighted by molar-refractivity contribution is 6.42.